The van der Waals surface area contributed by atoms with Gasteiger partial charge in [-0.2, -0.15) is 0 Å². The molecule has 2 aliphatic heterocycles. The van der Waals surface area contributed by atoms with Crippen LogP contribution in [0.25, 0.3) is 22.3 Å². The van der Waals surface area contributed by atoms with Gasteiger partial charge in [-0.1, -0.05) is 6.92 Å². The van der Waals surface area contributed by atoms with E-state index in [9.17, 15) is 23.9 Å². The van der Waals surface area contributed by atoms with Crippen molar-refractivity contribution in [2.45, 2.75) is 70.9 Å². The number of fused-ring (bicyclic) bond motifs is 5. The van der Waals surface area contributed by atoms with E-state index in [0.717, 1.165) is 22.1 Å². The topological polar surface area (TPSA) is 137 Å². The molecule has 6 rings (SSSR count). The number of hydrogen-bond acceptors (Lipinski definition) is 7. The van der Waals surface area contributed by atoms with Gasteiger partial charge in [0.25, 0.3) is 5.56 Å². The Hall–Kier alpha value is -3.63. The molecule has 3 atom stereocenters. The summed E-state index contributed by atoms with van der Waals surface area (Å²) in [5.74, 6) is -1.48. The summed E-state index contributed by atoms with van der Waals surface area (Å²) in [4.78, 5) is 43.5. The first-order valence-electron chi connectivity index (χ1n) is 12.4. The number of aliphatic hydroxyl groups is 1. The van der Waals surface area contributed by atoms with Crippen molar-refractivity contribution in [1.82, 2.24) is 14.9 Å². The summed E-state index contributed by atoms with van der Waals surface area (Å²) in [6.07, 6.45) is 1.13. The lowest BCUT2D eigenvalue weighted by atomic mass is 9.81. The van der Waals surface area contributed by atoms with Gasteiger partial charge in [0, 0.05) is 22.6 Å². The van der Waals surface area contributed by atoms with Crippen molar-refractivity contribution in [2.75, 3.05) is 0 Å². The van der Waals surface area contributed by atoms with Gasteiger partial charge in [-0.15, -0.1) is 0 Å². The van der Waals surface area contributed by atoms with Gasteiger partial charge in [0.1, 0.15) is 12.4 Å². The highest BCUT2D eigenvalue weighted by atomic mass is 19.1. The van der Waals surface area contributed by atoms with Crippen molar-refractivity contribution < 1.29 is 23.8 Å². The van der Waals surface area contributed by atoms with E-state index in [1.807, 2.05) is 0 Å². The number of benzene rings is 1. The second-order valence-corrected chi connectivity index (χ2v) is 10.2. The number of pyridine rings is 2. The summed E-state index contributed by atoms with van der Waals surface area (Å²) in [5.41, 5.74) is 8.21. The van der Waals surface area contributed by atoms with Gasteiger partial charge in [0.2, 0.25) is 5.91 Å². The van der Waals surface area contributed by atoms with E-state index < -0.39 is 23.7 Å². The molecule has 9 nitrogen and oxygen atoms in total. The molecule has 3 aliphatic rings. The molecule has 0 spiro atoms. The molecule has 1 amide bonds. The van der Waals surface area contributed by atoms with E-state index in [1.165, 1.54) is 6.07 Å². The molecule has 2 aromatic heterocycles. The third kappa shape index (κ3) is 3.15. The minimum Gasteiger partial charge on any atom is -0.458 e. The normalized spacial score (nSPS) is 22.2. The van der Waals surface area contributed by atoms with E-state index >= 15 is 0 Å². The van der Waals surface area contributed by atoms with E-state index in [0.29, 0.717) is 35.3 Å². The molecular formula is C27H27FN4O5. The molecule has 4 heterocycles. The van der Waals surface area contributed by atoms with Crippen LogP contribution >= 0.6 is 0 Å². The molecule has 192 valence electrons. The largest absolute Gasteiger partial charge is 0.458 e. The Morgan fingerprint density at radius 2 is 2.11 bits per heavy atom. The van der Waals surface area contributed by atoms with Gasteiger partial charge >= 0.3 is 5.97 Å². The number of aryl methyl sites for hydroxylation is 1. The molecule has 4 N–H and O–H groups in total. The van der Waals surface area contributed by atoms with E-state index in [1.54, 1.807) is 31.4 Å². The number of amides is 1. The SMILES string of the molecule is CC[C@@]1(O)C(=O)OCc2c1cc1n(c2=O)Cc2c-1nc1cc(F)c(C)c3c1c2[C@@H](NC(=O)[C@H](C)N)CC3. The van der Waals surface area contributed by atoms with Crippen LogP contribution in [0.2, 0.25) is 0 Å². The first kappa shape index (κ1) is 23.7. The van der Waals surface area contributed by atoms with Gasteiger partial charge in [0.05, 0.1) is 41.1 Å². The number of nitrogens with one attached hydrogen (secondary N) is 1. The molecule has 1 aromatic carbocycles. The number of nitrogens with two attached hydrogens (primary N) is 1. The summed E-state index contributed by atoms with van der Waals surface area (Å²) >= 11 is 0. The average molecular weight is 507 g/mol. The predicted molar refractivity (Wildman–Crippen MR) is 132 cm³/mol. The second kappa shape index (κ2) is 7.93. The maximum Gasteiger partial charge on any atom is 0.343 e. The minimum atomic E-state index is -1.94. The van der Waals surface area contributed by atoms with Crippen LogP contribution in [-0.2, 0) is 39.5 Å². The average Bonchev–Trinajstić information content (AvgIpc) is 3.24. The molecule has 0 bridgehead atoms. The van der Waals surface area contributed by atoms with Crippen molar-refractivity contribution in [2.24, 2.45) is 5.73 Å². The van der Waals surface area contributed by atoms with Gasteiger partial charge < -0.3 is 25.5 Å². The lowest BCUT2D eigenvalue weighted by molar-refractivity contribution is -0.172. The molecular weight excluding hydrogens is 479 g/mol. The van der Waals surface area contributed by atoms with Crippen LogP contribution in [0.15, 0.2) is 16.9 Å². The van der Waals surface area contributed by atoms with Crippen molar-refractivity contribution >= 4 is 22.8 Å². The first-order chi connectivity index (χ1) is 17.6. The molecule has 37 heavy (non-hydrogen) atoms. The minimum absolute atomic E-state index is 0.0320. The molecule has 0 unspecified atom stereocenters. The molecule has 3 aromatic rings. The Bertz CT molecular complexity index is 1610. The van der Waals surface area contributed by atoms with Crippen molar-refractivity contribution in [3.05, 3.63) is 61.7 Å². The fourth-order valence-corrected chi connectivity index (χ4v) is 6.00. The smallest absolute Gasteiger partial charge is 0.343 e. The maximum atomic E-state index is 14.9. The van der Waals surface area contributed by atoms with E-state index in [2.05, 4.69) is 5.32 Å². The van der Waals surface area contributed by atoms with Crippen LogP contribution in [0.1, 0.15) is 66.1 Å². The lowest BCUT2D eigenvalue weighted by Gasteiger charge is -2.31. The number of halogens is 1. The highest BCUT2D eigenvalue weighted by Crippen LogP contribution is 2.45. The highest BCUT2D eigenvalue weighted by Gasteiger charge is 2.46. The first-order valence-corrected chi connectivity index (χ1v) is 12.4. The number of esters is 1. The van der Waals surface area contributed by atoms with Crippen molar-refractivity contribution in [3.8, 4) is 11.4 Å². The molecule has 0 fully saturated rings. The Kier molecular flexibility index (Phi) is 5.09. The zero-order chi connectivity index (χ0) is 26.4. The zero-order valence-electron chi connectivity index (χ0n) is 20.8. The summed E-state index contributed by atoms with van der Waals surface area (Å²) in [6.45, 7) is 4.95. The third-order valence-corrected chi connectivity index (χ3v) is 8.11. The maximum absolute atomic E-state index is 14.9. The number of rotatable bonds is 3. The number of nitrogens with zero attached hydrogens (tertiary/aromatic N) is 2. The predicted octanol–water partition coefficient (Wildman–Crippen LogP) is 1.98. The molecule has 1 aliphatic carbocycles. The molecule has 0 saturated heterocycles. The summed E-state index contributed by atoms with van der Waals surface area (Å²) < 4.78 is 21.6. The van der Waals surface area contributed by atoms with E-state index in [-0.39, 0.29) is 48.0 Å². The van der Waals surface area contributed by atoms with Gasteiger partial charge in [-0.05, 0) is 55.9 Å². The molecule has 0 radical (unpaired) electrons. The quantitative estimate of drug-likeness (QED) is 0.362. The Labute approximate surface area is 211 Å². The lowest BCUT2D eigenvalue weighted by Crippen LogP contribution is -2.44. The van der Waals surface area contributed by atoms with Crippen LogP contribution in [-0.4, -0.2) is 32.6 Å². The summed E-state index contributed by atoms with van der Waals surface area (Å²) in [7, 11) is 0. The Morgan fingerprint density at radius 1 is 1.35 bits per heavy atom. The number of cyclic esters (lactones) is 1. The zero-order valence-corrected chi connectivity index (χ0v) is 20.8. The van der Waals surface area contributed by atoms with Crippen molar-refractivity contribution in [1.29, 1.82) is 0 Å². The fourth-order valence-electron chi connectivity index (χ4n) is 6.00. The number of aromatic nitrogens is 2. The van der Waals surface area contributed by atoms with Crippen LogP contribution in [0.4, 0.5) is 4.39 Å². The second-order valence-electron chi connectivity index (χ2n) is 10.2. The Morgan fingerprint density at radius 3 is 2.81 bits per heavy atom. The van der Waals surface area contributed by atoms with Crippen LogP contribution < -0.4 is 16.6 Å². The highest BCUT2D eigenvalue weighted by molar-refractivity contribution is 5.94. The number of ether oxygens (including phenoxy) is 1. The van der Waals surface area contributed by atoms with Crippen LogP contribution in [0.3, 0.4) is 0 Å². The summed E-state index contributed by atoms with van der Waals surface area (Å²) in [6, 6.07) is 1.90. The van der Waals surface area contributed by atoms with Crippen molar-refractivity contribution in [3.63, 3.8) is 0 Å². The van der Waals surface area contributed by atoms with Crippen LogP contribution in [0.5, 0.6) is 0 Å². The van der Waals surface area contributed by atoms with Gasteiger partial charge in [0.15, 0.2) is 5.60 Å². The third-order valence-electron chi connectivity index (χ3n) is 8.11. The molecule has 10 heteroatoms. The van der Waals surface area contributed by atoms with E-state index in [4.69, 9.17) is 15.5 Å². The molecule has 0 saturated carbocycles. The number of carbonyl (C=O) groups is 2. The number of hydrogen-bond donors (Lipinski definition) is 3. The standard InChI is InChI=1S/C27H27FN4O5/c1-4-27(36)16-7-20-23-14(9-32(20)25(34)15(16)10-37-26(27)35)22-18(31-24(33)12(3)29)6-5-13-11(2)17(28)8-19(30-23)21(13)22/h7-8,12,18,36H,4-6,9-10,29H2,1-3H3,(H,31,33)/t12-,18-,27-/m0/s1. The monoisotopic (exact) mass is 506 g/mol. The van der Waals surface area contributed by atoms with Gasteiger partial charge in [-0.25, -0.2) is 14.2 Å². The van der Waals surface area contributed by atoms with Gasteiger partial charge in [-0.3, -0.25) is 9.59 Å². The summed E-state index contributed by atoms with van der Waals surface area (Å²) in [5, 5.41) is 14.9. The number of carbonyl (C=O) groups excluding carboxylic acids is 2. The Balaban J connectivity index is 1.65. The fraction of sp³-hybridized carbons (Fsp3) is 0.407. The van der Waals surface area contributed by atoms with Crippen LogP contribution in [0, 0.1) is 12.7 Å².